The normalized spacial score (nSPS) is 10.4. The number of rotatable bonds is 8. The van der Waals surface area contributed by atoms with Crippen LogP contribution in [0.5, 0.6) is 0 Å². The summed E-state index contributed by atoms with van der Waals surface area (Å²) in [5.41, 5.74) is 4.20. The summed E-state index contributed by atoms with van der Waals surface area (Å²) in [6.45, 7) is 2.71. The molecule has 4 heteroatoms. The maximum atomic E-state index is 12.5. The lowest BCUT2D eigenvalue weighted by Crippen LogP contribution is -2.26. The van der Waals surface area contributed by atoms with E-state index in [1.165, 1.54) is 0 Å². The van der Waals surface area contributed by atoms with Gasteiger partial charge in [-0.2, -0.15) is 0 Å². The molecule has 0 unspecified atom stereocenters. The first kappa shape index (κ1) is 20.3. The maximum Gasteiger partial charge on any atom is 0.253 e. The molecule has 2 N–H and O–H groups in total. The number of unbranched alkanes of at least 4 members (excludes halogenated alkanes) is 1. The summed E-state index contributed by atoms with van der Waals surface area (Å²) < 4.78 is 0. The van der Waals surface area contributed by atoms with Crippen molar-refractivity contribution in [3.63, 3.8) is 0 Å². The van der Waals surface area contributed by atoms with Crippen LogP contribution in [0.25, 0.3) is 11.1 Å². The van der Waals surface area contributed by atoms with Gasteiger partial charge in [-0.1, -0.05) is 80.1 Å². The number of amides is 2. The van der Waals surface area contributed by atoms with Crippen LogP contribution in [0.15, 0.2) is 78.9 Å². The van der Waals surface area contributed by atoms with E-state index in [1.807, 2.05) is 48.5 Å². The quantitative estimate of drug-likeness (QED) is 0.531. The van der Waals surface area contributed by atoms with Crippen molar-refractivity contribution in [3.8, 4) is 11.1 Å². The SMILES string of the molecule is CCCCNC(=O)c1ccccc1NC(=O)Cc1ccc(-c2ccccc2)cc1. The van der Waals surface area contributed by atoms with E-state index in [1.54, 1.807) is 18.2 Å². The third-order valence-electron chi connectivity index (χ3n) is 4.69. The molecular weight excluding hydrogens is 360 g/mol. The molecule has 0 spiro atoms. The molecule has 0 fully saturated rings. The number of hydrogen-bond acceptors (Lipinski definition) is 2. The number of carbonyl (C=O) groups is 2. The Morgan fingerprint density at radius 3 is 2.17 bits per heavy atom. The topological polar surface area (TPSA) is 58.2 Å². The van der Waals surface area contributed by atoms with Gasteiger partial charge in [0.2, 0.25) is 5.91 Å². The molecule has 0 atom stereocenters. The monoisotopic (exact) mass is 386 g/mol. The van der Waals surface area contributed by atoms with Crippen molar-refractivity contribution < 1.29 is 9.59 Å². The fraction of sp³-hybridized carbons (Fsp3) is 0.200. The van der Waals surface area contributed by atoms with E-state index in [9.17, 15) is 9.59 Å². The molecule has 29 heavy (non-hydrogen) atoms. The average molecular weight is 386 g/mol. The van der Waals surface area contributed by atoms with Gasteiger partial charge >= 0.3 is 0 Å². The number of carbonyl (C=O) groups excluding carboxylic acids is 2. The summed E-state index contributed by atoms with van der Waals surface area (Å²) in [4.78, 5) is 24.9. The van der Waals surface area contributed by atoms with Gasteiger partial charge in [0.05, 0.1) is 17.7 Å². The van der Waals surface area contributed by atoms with Gasteiger partial charge in [-0.25, -0.2) is 0 Å². The van der Waals surface area contributed by atoms with Crippen LogP contribution in [0.1, 0.15) is 35.7 Å². The van der Waals surface area contributed by atoms with Crippen LogP contribution in [0.4, 0.5) is 5.69 Å². The molecular formula is C25H26N2O2. The molecule has 0 aliphatic heterocycles. The number of nitrogens with one attached hydrogen (secondary N) is 2. The third-order valence-corrected chi connectivity index (χ3v) is 4.69. The van der Waals surface area contributed by atoms with Gasteiger partial charge in [-0.05, 0) is 35.2 Å². The summed E-state index contributed by atoms with van der Waals surface area (Å²) in [5.74, 6) is -0.312. The van der Waals surface area contributed by atoms with Crippen molar-refractivity contribution in [2.24, 2.45) is 0 Å². The van der Waals surface area contributed by atoms with Gasteiger partial charge in [0, 0.05) is 6.54 Å². The molecule has 0 radical (unpaired) electrons. The van der Waals surface area contributed by atoms with Crippen molar-refractivity contribution >= 4 is 17.5 Å². The van der Waals surface area contributed by atoms with Gasteiger partial charge in [-0.15, -0.1) is 0 Å². The molecule has 2 amide bonds. The molecule has 0 aromatic heterocycles. The fourth-order valence-electron chi connectivity index (χ4n) is 3.09. The smallest absolute Gasteiger partial charge is 0.253 e. The van der Waals surface area contributed by atoms with Crippen LogP contribution in [-0.4, -0.2) is 18.4 Å². The number of anilines is 1. The lowest BCUT2D eigenvalue weighted by atomic mass is 10.0. The van der Waals surface area contributed by atoms with Gasteiger partial charge in [0.15, 0.2) is 0 Å². The molecule has 0 aliphatic rings. The molecule has 3 rings (SSSR count). The molecule has 3 aromatic rings. The fourth-order valence-corrected chi connectivity index (χ4v) is 3.09. The Kier molecular flexibility index (Phi) is 7.17. The predicted octanol–water partition coefficient (Wildman–Crippen LogP) is 5.06. The largest absolute Gasteiger partial charge is 0.352 e. The highest BCUT2D eigenvalue weighted by Gasteiger charge is 2.13. The first-order valence-corrected chi connectivity index (χ1v) is 9.99. The highest BCUT2D eigenvalue weighted by atomic mass is 16.2. The molecule has 0 saturated heterocycles. The van der Waals surface area contributed by atoms with Crippen LogP contribution >= 0.6 is 0 Å². The second-order valence-corrected chi connectivity index (χ2v) is 6.94. The number of para-hydroxylation sites is 1. The van der Waals surface area contributed by atoms with Gasteiger partial charge in [-0.3, -0.25) is 9.59 Å². The van der Waals surface area contributed by atoms with Crippen molar-refractivity contribution in [2.75, 3.05) is 11.9 Å². The lowest BCUT2D eigenvalue weighted by molar-refractivity contribution is -0.115. The summed E-state index contributed by atoms with van der Waals surface area (Å²) in [6.07, 6.45) is 2.20. The molecule has 4 nitrogen and oxygen atoms in total. The van der Waals surface area contributed by atoms with Crippen LogP contribution in [0.3, 0.4) is 0 Å². The van der Waals surface area contributed by atoms with Crippen molar-refractivity contribution in [3.05, 3.63) is 90.0 Å². The molecule has 148 valence electrons. The minimum absolute atomic E-state index is 0.147. The first-order chi connectivity index (χ1) is 14.2. The zero-order chi connectivity index (χ0) is 20.5. The summed E-state index contributed by atoms with van der Waals surface area (Å²) in [7, 11) is 0. The van der Waals surface area contributed by atoms with E-state index in [0.29, 0.717) is 17.8 Å². The molecule has 0 aliphatic carbocycles. The number of benzene rings is 3. The summed E-state index contributed by atoms with van der Waals surface area (Å²) >= 11 is 0. The molecule has 0 saturated carbocycles. The van der Waals surface area contributed by atoms with Crippen LogP contribution in [0, 0.1) is 0 Å². The van der Waals surface area contributed by atoms with E-state index in [4.69, 9.17) is 0 Å². The van der Waals surface area contributed by atoms with Gasteiger partial charge < -0.3 is 10.6 Å². The maximum absolute atomic E-state index is 12.5. The minimum Gasteiger partial charge on any atom is -0.352 e. The highest BCUT2D eigenvalue weighted by Crippen LogP contribution is 2.20. The Hall–Kier alpha value is -3.40. The standard InChI is InChI=1S/C25H26N2O2/c1-2-3-17-26-25(29)22-11-7-8-12-23(22)27-24(28)18-19-13-15-21(16-14-19)20-9-5-4-6-10-20/h4-16H,2-3,17-18H2,1H3,(H,26,29)(H,27,28). The van der Waals surface area contributed by atoms with E-state index < -0.39 is 0 Å². The zero-order valence-corrected chi connectivity index (χ0v) is 16.7. The third kappa shape index (κ3) is 5.79. The zero-order valence-electron chi connectivity index (χ0n) is 16.7. The second kappa shape index (κ2) is 10.2. The van der Waals surface area contributed by atoms with E-state index in [-0.39, 0.29) is 18.2 Å². The number of hydrogen-bond donors (Lipinski definition) is 2. The van der Waals surface area contributed by atoms with Crippen LogP contribution in [-0.2, 0) is 11.2 Å². The molecule has 3 aromatic carbocycles. The summed E-state index contributed by atoms with van der Waals surface area (Å²) in [6, 6.07) is 25.2. The van der Waals surface area contributed by atoms with Gasteiger partial charge in [0.25, 0.3) is 5.91 Å². The first-order valence-electron chi connectivity index (χ1n) is 9.99. The Morgan fingerprint density at radius 1 is 0.793 bits per heavy atom. The Balaban J connectivity index is 1.63. The lowest BCUT2D eigenvalue weighted by Gasteiger charge is -2.11. The molecule has 0 bridgehead atoms. The van der Waals surface area contributed by atoms with Gasteiger partial charge in [0.1, 0.15) is 0 Å². The van der Waals surface area contributed by atoms with E-state index >= 15 is 0 Å². The predicted molar refractivity (Wildman–Crippen MR) is 118 cm³/mol. The molecule has 0 heterocycles. The highest BCUT2D eigenvalue weighted by molar-refractivity contribution is 6.04. The van der Waals surface area contributed by atoms with E-state index in [0.717, 1.165) is 29.5 Å². The van der Waals surface area contributed by atoms with Crippen LogP contribution in [0.2, 0.25) is 0 Å². The average Bonchev–Trinajstić information content (AvgIpc) is 2.75. The van der Waals surface area contributed by atoms with Crippen molar-refractivity contribution in [2.45, 2.75) is 26.2 Å². The second-order valence-electron chi connectivity index (χ2n) is 6.94. The van der Waals surface area contributed by atoms with Crippen molar-refractivity contribution in [1.29, 1.82) is 0 Å². The van der Waals surface area contributed by atoms with Crippen LogP contribution < -0.4 is 10.6 Å². The van der Waals surface area contributed by atoms with E-state index in [2.05, 4.69) is 29.7 Å². The summed E-state index contributed by atoms with van der Waals surface area (Å²) in [5, 5.41) is 5.77. The van der Waals surface area contributed by atoms with Crippen molar-refractivity contribution in [1.82, 2.24) is 5.32 Å². The minimum atomic E-state index is -0.165. The Labute approximate surface area is 172 Å². The Bertz CT molecular complexity index is 950. The Morgan fingerprint density at radius 2 is 1.45 bits per heavy atom.